The monoisotopic (exact) mass is 214 g/mol. The zero-order valence-corrected chi connectivity index (χ0v) is 7.88. The van der Waals surface area contributed by atoms with Gasteiger partial charge in [0, 0.05) is 6.20 Å². The molecule has 0 bridgehead atoms. The molecule has 2 aromatic rings. The quantitative estimate of drug-likeness (QED) is 0.630. The molecule has 2 aromatic heterocycles. The number of nitrogens with zero attached hydrogens (tertiary/aromatic N) is 2. The number of hydrogen-bond acceptors (Lipinski definition) is 2. The van der Waals surface area contributed by atoms with Gasteiger partial charge in [-0.3, -0.25) is 9.20 Å². The van der Waals surface area contributed by atoms with E-state index in [1.807, 2.05) is 0 Å². The molecule has 2 rings (SSSR count). The fourth-order valence-corrected chi connectivity index (χ4v) is 1.34. The maximum absolute atomic E-state index is 11.5. The Labute approximate surface area is 83.5 Å². The molecule has 13 heavy (non-hydrogen) atoms. The fraction of sp³-hybridized carbons (Fsp3) is 0. The van der Waals surface area contributed by atoms with Crippen LogP contribution >= 0.6 is 23.2 Å². The van der Waals surface area contributed by atoms with Crippen molar-refractivity contribution in [3.8, 4) is 0 Å². The number of aromatic nitrogens is 2. The molecule has 66 valence electrons. The minimum Gasteiger partial charge on any atom is -0.267 e. The van der Waals surface area contributed by atoms with Gasteiger partial charge in [0.25, 0.3) is 5.56 Å². The van der Waals surface area contributed by atoms with Crippen molar-refractivity contribution in [1.29, 1.82) is 0 Å². The van der Waals surface area contributed by atoms with Gasteiger partial charge in [-0.1, -0.05) is 29.3 Å². The first kappa shape index (κ1) is 8.53. The van der Waals surface area contributed by atoms with Crippen molar-refractivity contribution < 1.29 is 0 Å². The molecule has 0 atom stereocenters. The summed E-state index contributed by atoms with van der Waals surface area (Å²) in [5.41, 5.74) is 0.138. The summed E-state index contributed by atoms with van der Waals surface area (Å²) in [6, 6.07) is 5.18. The van der Waals surface area contributed by atoms with Gasteiger partial charge in [-0.05, 0) is 12.1 Å². The number of halogens is 2. The fourth-order valence-electron chi connectivity index (χ4n) is 1.04. The van der Waals surface area contributed by atoms with Crippen LogP contribution in [0.15, 0.2) is 29.2 Å². The van der Waals surface area contributed by atoms with Gasteiger partial charge in [-0.2, -0.15) is 0 Å². The zero-order chi connectivity index (χ0) is 9.42. The van der Waals surface area contributed by atoms with Gasteiger partial charge in [0.1, 0.15) is 10.7 Å². The highest BCUT2D eigenvalue weighted by Gasteiger charge is 2.06. The van der Waals surface area contributed by atoms with E-state index in [9.17, 15) is 4.79 Å². The second kappa shape index (κ2) is 3.01. The molecule has 0 unspecified atom stereocenters. The molecule has 0 aliphatic carbocycles. The molecule has 0 saturated heterocycles. The van der Waals surface area contributed by atoms with Crippen molar-refractivity contribution in [1.82, 2.24) is 9.38 Å². The summed E-state index contributed by atoms with van der Waals surface area (Å²) in [7, 11) is 0. The molecular weight excluding hydrogens is 211 g/mol. The molecule has 0 aromatic carbocycles. The van der Waals surface area contributed by atoms with E-state index in [1.54, 1.807) is 24.4 Å². The normalized spacial score (nSPS) is 10.6. The summed E-state index contributed by atoms with van der Waals surface area (Å²) < 4.78 is 1.34. The van der Waals surface area contributed by atoms with Gasteiger partial charge in [0.2, 0.25) is 0 Å². The van der Waals surface area contributed by atoms with E-state index in [-0.39, 0.29) is 15.7 Å². The third-order valence-electron chi connectivity index (χ3n) is 1.64. The highest BCUT2D eigenvalue weighted by molar-refractivity contribution is 6.41. The Morgan fingerprint density at radius 2 is 2.08 bits per heavy atom. The summed E-state index contributed by atoms with van der Waals surface area (Å²) in [5.74, 6) is 0. The average molecular weight is 215 g/mol. The van der Waals surface area contributed by atoms with E-state index in [0.29, 0.717) is 5.65 Å². The van der Waals surface area contributed by atoms with Crippen LogP contribution < -0.4 is 5.56 Å². The highest BCUT2D eigenvalue weighted by Crippen LogP contribution is 2.14. The Bertz CT molecular complexity index is 521. The molecule has 0 fully saturated rings. The van der Waals surface area contributed by atoms with E-state index in [4.69, 9.17) is 23.2 Å². The van der Waals surface area contributed by atoms with Crippen molar-refractivity contribution in [2.45, 2.75) is 0 Å². The Morgan fingerprint density at radius 3 is 2.85 bits per heavy atom. The molecule has 0 amide bonds. The lowest BCUT2D eigenvalue weighted by Crippen LogP contribution is -2.15. The SMILES string of the molecule is O=c1c(Cl)c(Cl)nc2ccccn12. The predicted molar refractivity (Wildman–Crippen MR) is 51.5 cm³/mol. The first-order valence-corrected chi connectivity index (χ1v) is 4.28. The Kier molecular flexibility index (Phi) is 1.98. The van der Waals surface area contributed by atoms with Crippen LogP contribution in [0.1, 0.15) is 0 Å². The first-order valence-electron chi connectivity index (χ1n) is 3.52. The summed E-state index contributed by atoms with van der Waals surface area (Å²) in [6.07, 6.45) is 1.59. The summed E-state index contributed by atoms with van der Waals surface area (Å²) in [5, 5.41) is -0.0109. The van der Waals surface area contributed by atoms with Gasteiger partial charge in [0.05, 0.1) is 0 Å². The van der Waals surface area contributed by atoms with Crippen LogP contribution in [-0.4, -0.2) is 9.38 Å². The third-order valence-corrected chi connectivity index (χ3v) is 2.35. The lowest BCUT2D eigenvalue weighted by atomic mass is 10.4. The molecular formula is C8H4Cl2N2O. The zero-order valence-electron chi connectivity index (χ0n) is 6.37. The Morgan fingerprint density at radius 1 is 1.31 bits per heavy atom. The summed E-state index contributed by atoms with van der Waals surface area (Å²) in [4.78, 5) is 15.4. The van der Waals surface area contributed by atoms with E-state index < -0.39 is 0 Å². The highest BCUT2D eigenvalue weighted by atomic mass is 35.5. The van der Waals surface area contributed by atoms with Crippen molar-refractivity contribution in [2.24, 2.45) is 0 Å². The first-order chi connectivity index (χ1) is 6.20. The van der Waals surface area contributed by atoms with Crippen molar-refractivity contribution in [3.63, 3.8) is 0 Å². The molecule has 3 nitrogen and oxygen atoms in total. The van der Waals surface area contributed by atoms with Crippen molar-refractivity contribution in [2.75, 3.05) is 0 Å². The Hall–Kier alpha value is -1.06. The number of pyridine rings is 1. The van der Waals surface area contributed by atoms with Crippen LogP contribution in [0.25, 0.3) is 5.65 Å². The molecule has 0 aliphatic heterocycles. The van der Waals surface area contributed by atoms with Gasteiger partial charge in [0.15, 0.2) is 5.15 Å². The molecule has 5 heteroatoms. The lowest BCUT2D eigenvalue weighted by molar-refractivity contribution is 1.05. The summed E-state index contributed by atoms with van der Waals surface area (Å²) >= 11 is 11.3. The molecule has 0 saturated carbocycles. The second-order valence-corrected chi connectivity index (χ2v) is 3.19. The van der Waals surface area contributed by atoms with Crippen LogP contribution in [0.5, 0.6) is 0 Å². The standard InChI is InChI=1S/C8H4Cl2N2O/c9-6-7(10)11-5-3-1-2-4-12(5)8(6)13/h1-4H. The van der Waals surface area contributed by atoms with Crippen LogP contribution in [0.3, 0.4) is 0 Å². The van der Waals surface area contributed by atoms with Crippen LogP contribution in [-0.2, 0) is 0 Å². The van der Waals surface area contributed by atoms with Crippen LogP contribution in [0.4, 0.5) is 0 Å². The molecule has 2 heterocycles. The van der Waals surface area contributed by atoms with Gasteiger partial charge in [-0.25, -0.2) is 4.98 Å². The van der Waals surface area contributed by atoms with Gasteiger partial charge in [-0.15, -0.1) is 0 Å². The van der Waals surface area contributed by atoms with Crippen molar-refractivity contribution >= 4 is 28.8 Å². The van der Waals surface area contributed by atoms with E-state index in [0.717, 1.165) is 0 Å². The maximum atomic E-state index is 11.5. The van der Waals surface area contributed by atoms with Crippen LogP contribution in [0.2, 0.25) is 10.2 Å². The van der Waals surface area contributed by atoms with Gasteiger partial charge >= 0.3 is 0 Å². The molecule has 0 radical (unpaired) electrons. The van der Waals surface area contributed by atoms with E-state index in [2.05, 4.69) is 4.98 Å². The minimum atomic E-state index is -0.350. The number of rotatable bonds is 0. The number of hydrogen-bond donors (Lipinski definition) is 0. The van der Waals surface area contributed by atoms with Crippen molar-refractivity contribution in [3.05, 3.63) is 44.9 Å². The molecule has 0 aliphatic rings. The minimum absolute atomic E-state index is 0.0397. The van der Waals surface area contributed by atoms with E-state index in [1.165, 1.54) is 4.40 Å². The number of fused-ring (bicyclic) bond motifs is 1. The second-order valence-electron chi connectivity index (χ2n) is 2.45. The lowest BCUT2D eigenvalue weighted by Gasteiger charge is -2.00. The average Bonchev–Trinajstić information content (AvgIpc) is 2.15. The topological polar surface area (TPSA) is 34.4 Å². The van der Waals surface area contributed by atoms with E-state index >= 15 is 0 Å². The predicted octanol–water partition coefficient (Wildman–Crippen LogP) is 2.00. The van der Waals surface area contributed by atoms with Gasteiger partial charge < -0.3 is 0 Å². The Balaban J connectivity index is 3.03. The third kappa shape index (κ3) is 1.30. The van der Waals surface area contributed by atoms with Crippen LogP contribution in [0, 0.1) is 0 Å². The maximum Gasteiger partial charge on any atom is 0.278 e. The molecule has 0 spiro atoms. The smallest absolute Gasteiger partial charge is 0.267 e. The summed E-state index contributed by atoms with van der Waals surface area (Å²) in [6.45, 7) is 0. The molecule has 0 N–H and O–H groups in total. The largest absolute Gasteiger partial charge is 0.278 e.